The molecule has 1 aromatic rings. The van der Waals surface area contributed by atoms with Crippen LogP contribution in [0.1, 0.15) is 12.0 Å². The topological polar surface area (TPSA) is 96.7 Å². The summed E-state index contributed by atoms with van der Waals surface area (Å²) in [5.74, 6) is 0.288. The monoisotopic (exact) mass is 352 g/mol. The van der Waals surface area contributed by atoms with E-state index in [0.717, 1.165) is 0 Å². The Labute approximate surface area is 141 Å². The third kappa shape index (κ3) is 4.94. The van der Waals surface area contributed by atoms with E-state index in [2.05, 4.69) is 0 Å². The summed E-state index contributed by atoms with van der Waals surface area (Å²) in [7, 11) is -1.55. The van der Waals surface area contributed by atoms with Crippen molar-refractivity contribution in [3.8, 4) is 11.8 Å². The highest BCUT2D eigenvalue weighted by Crippen LogP contribution is 2.18. The van der Waals surface area contributed by atoms with E-state index in [9.17, 15) is 13.2 Å². The Morgan fingerprint density at radius 1 is 1.38 bits per heavy atom. The number of amides is 1. The molecule has 0 bridgehead atoms. The van der Waals surface area contributed by atoms with Gasteiger partial charge in [0.05, 0.1) is 29.7 Å². The van der Waals surface area contributed by atoms with Crippen molar-refractivity contribution in [1.29, 1.82) is 5.26 Å². The number of hydrogen-bond donors (Lipinski definition) is 0. The minimum Gasteiger partial charge on any atom is -0.484 e. The van der Waals surface area contributed by atoms with Gasteiger partial charge in [-0.25, -0.2) is 8.42 Å². The molecule has 0 aromatic heterocycles. The molecule has 7 nitrogen and oxygen atoms in total. The maximum absolute atomic E-state index is 12.4. The second-order valence-electron chi connectivity index (χ2n) is 5.56. The molecule has 2 rings (SSSR count). The average Bonchev–Trinajstić information content (AvgIpc) is 2.93. The lowest BCUT2D eigenvalue weighted by Gasteiger charge is -2.28. The molecule has 24 heavy (non-hydrogen) atoms. The van der Waals surface area contributed by atoms with Gasteiger partial charge >= 0.3 is 0 Å². The molecule has 1 fully saturated rings. The van der Waals surface area contributed by atoms with Crippen molar-refractivity contribution < 1.29 is 22.7 Å². The zero-order valence-corrected chi connectivity index (χ0v) is 14.3. The van der Waals surface area contributed by atoms with Gasteiger partial charge < -0.3 is 14.4 Å². The second kappa shape index (κ2) is 8.13. The Balaban J connectivity index is 1.97. The first kappa shape index (κ1) is 18.2. The Bertz CT molecular complexity index is 709. The number of sulfone groups is 1. The Hall–Kier alpha value is -2.11. The lowest BCUT2D eigenvalue weighted by atomic mass is 10.2. The van der Waals surface area contributed by atoms with Crippen molar-refractivity contribution in [2.75, 3.05) is 38.4 Å². The molecule has 0 N–H and O–H groups in total. The summed E-state index contributed by atoms with van der Waals surface area (Å²) in [6.07, 6.45) is 0.439. The van der Waals surface area contributed by atoms with E-state index in [0.29, 0.717) is 30.9 Å². The van der Waals surface area contributed by atoms with Gasteiger partial charge in [-0.3, -0.25) is 4.79 Å². The minimum atomic E-state index is -3.08. The highest BCUT2D eigenvalue weighted by molar-refractivity contribution is 7.91. The van der Waals surface area contributed by atoms with Gasteiger partial charge in [0.15, 0.2) is 16.4 Å². The third-order valence-corrected chi connectivity index (χ3v) is 5.60. The van der Waals surface area contributed by atoms with Crippen molar-refractivity contribution in [3.05, 3.63) is 29.8 Å². The quantitative estimate of drug-likeness (QED) is 0.713. The van der Waals surface area contributed by atoms with E-state index in [1.54, 1.807) is 24.3 Å². The van der Waals surface area contributed by atoms with Crippen molar-refractivity contribution in [2.24, 2.45) is 0 Å². The molecular weight excluding hydrogens is 332 g/mol. The molecule has 1 saturated heterocycles. The normalized spacial score (nSPS) is 18.8. The van der Waals surface area contributed by atoms with E-state index in [1.807, 2.05) is 6.07 Å². The van der Waals surface area contributed by atoms with Gasteiger partial charge in [-0.1, -0.05) is 0 Å². The first-order valence-electron chi connectivity index (χ1n) is 7.57. The van der Waals surface area contributed by atoms with Gasteiger partial charge in [-0.15, -0.1) is 0 Å². The van der Waals surface area contributed by atoms with Crippen LogP contribution in [-0.4, -0.2) is 63.6 Å². The summed E-state index contributed by atoms with van der Waals surface area (Å²) in [6, 6.07) is 8.11. The molecule has 8 heteroatoms. The lowest BCUT2D eigenvalue weighted by Crippen LogP contribution is -2.45. The van der Waals surface area contributed by atoms with Gasteiger partial charge in [-0.05, 0) is 30.7 Å². The van der Waals surface area contributed by atoms with Crippen LogP contribution in [0.5, 0.6) is 5.75 Å². The molecule has 1 aliphatic heterocycles. The Morgan fingerprint density at radius 2 is 2.08 bits per heavy atom. The first-order valence-corrected chi connectivity index (χ1v) is 9.39. The molecular formula is C16H20N2O5S. The van der Waals surface area contributed by atoms with Crippen LogP contribution in [0.2, 0.25) is 0 Å². The zero-order valence-electron chi connectivity index (χ0n) is 13.5. The van der Waals surface area contributed by atoms with E-state index in [-0.39, 0.29) is 30.1 Å². The van der Waals surface area contributed by atoms with Gasteiger partial charge in [0.25, 0.3) is 5.91 Å². The smallest absolute Gasteiger partial charge is 0.260 e. The fraction of sp³-hybridized carbons (Fsp3) is 0.500. The Kier molecular flexibility index (Phi) is 6.17. The molecule has 1 amide bonds. The molecule has 1 aliphatic rings. The van der Waals surface area contributed by atoms with Crippen LogP contribution in [0.4, 0.5) is 0 Å². The van der Waals surface area contributed by atoms with Gasteiger partial charge in [0, 0.05) is 19.7 Å². The zero-order chi connectivity index (χ0) is 17.6. The summed E-state index contributed by atoms with van der Waals surface area (Å²) in [5, 5.41) is 8.75. The number of nitriles is 1. The van der Waals surface area contributed by atoms with Crippen LogP contribution in [0.15, 0.2) is 24.3 Å². The molecule has 1 aromatic carbocycles. The van der Waals surface area contributed by atoms with Crippen LogP contribution in [0.25, 0.3) is 0 Å². The summed E-state index contributed by atoms with van der Waals surface area (Å²) in [4.78, 5) is 14.0. The van der Waals surface area contributed by atoms with Gasteiger partial charge in [-0.2, -0.15) is 5.26 Å². The predicted octanol–water partition coefficient (Wildman–Crippen LogP) is 0.599. The largest absolute Gasteiger partial charge is 0.484 e. The molecule has 0 radical (unpaired) electrons. The van der Waals surface area contributed by atoms with Crippen molar-refractivity contribution in [2.45, 2.75) is 12.5 Å². The molecule has 0 spiro atoms. The van der Waals surface area contributed by atoms with Crippen molar-refractivity contribution in [1.82, 2.24) is 4.90 Å². The minimum absolute atomic E-state index is 0.0146. The molecule has 130 valence electrons. The van der Waals surface area contributed by atoms with Crippen LogP contribution in [0.3, 0.4) is 0 Å². The van der Waals surface area contributed by atoms with Crippen LogP contribution in [0, 0.1) is 11.3 Å². The number of methoxy groups -OCH3 is 1. The number of benzene rings is 1. The highest BCUT2D eigenvalue weighted by atomic mass is 32.2. The number of ether oxygens (including phenoxy) is 2. The number of rotatable bonds is 7. The first-order chi connectivity index (χ1) is 11.4. The summed E-state index contributed by atoms with van der Waals surface area (Å²) >= 11 is 0. The Morgan fingerprint density at radius 3 is 2.62 bits per heavy atom. The summed E-state index contributed by atoms with van der Waals surface area (Å²) in [6.45, 7) is 0.470. The van der Waals surface area contributed by atoms with Gasteiger partial charge in [0.1, 0.15) is 5.75 Å². The van der Waals surface area contributed by atoms with Gasteiger partial charge in [0.2, 0.25) is 0 Å². The molecule has 1 atom stereocenters. The van der Waals surface area contributed by atoms with Crippen LogP contribution >= 0.6 is 0 Å². The van der Waals surface area contributed by atoms with Crippen molar-refractivity contribution in [3.63, 3.8) is 0 Å². The number of nitrogens with zero attached hydrogens (tertiary/aromatic N) is 2. The maximum Gasteiger partial charge on any atom is 0.260 e. The number of carbonyl (C=O) groups excluding carboxylic acids is 1. The number of carbonyl (C=O) groups is 1. The van der Waals surface area contributed by atoms with Crippen LogP contribution in [-0.2, 0) is 19.4 Å². The number of hydrogen-bond acceptors (Lipinski definition) is 6. The van der Waals surface area contributed by atoms with E-state index in [1.165, 1.54) is 12.0 Å². The molecule has 0 saturated carbocycles. The highest BCUT2D eigenvalue weighted by Gasteiger charge is 2.34. The fourth-order valence-electron chi connectivity index (χ4n) is 2.58. The molecule has 0 unspecified atom stereocenters. The summed E-state index contributed by atoms with van der Waals surface area (Å²) in [5.41, 5.74) is 0.506. The summed E-state index contributed by atoms with van der Waals surface area (Å²) < 4.78 is 33.8. The van der Waals surface area contributed by atoms with Crippen molar-refractivity contribution >= 4 is 15.7 Å². The standard InChI is InChI=1S/C16H20N2O5S/c1-22-8-7-18(14-6-9-24(20,21)12-14)16(19)11-23-15-4-2-13(10-17)3-5-15/h2-5,14H,6-9,11-12H2,1H3/t14-/m0/s1. The second-order valence-corrected chi connectivity index (χ2v) is 7.79. The lowest BCUT2D eigenvalue weighted by molar-refractivity contribution is -0.136. The van der Waals surface area contributed by atoms with E-state index < -0.39 is 9.84 Å². The van der Waals surface area contributed by atoms with E-state index in [4.69, 9.17) is 14.7 Å². The SMILES string of the molecule is COCCN(C(=O)COc1ccc(C#N)cc1)[C@H]1CCS(=O)(=O)C1. The fourth-order valence-corrected chi connectivity index (χ4v) is 4.31. The molecule has 1 heterocycles. The molecule has 0 aliphatic carbocycles. The average molecular weight is 352 g/mol. The third-order valence-electron chi connectivity index (χ3n) is 3.85. The van der Waals surface area contributed by atoms with Crippen LogP contribution < -0.4 is 4.74 Å². The maximum atomic E-state index is 12.4. The van der Waals surface area contributed by atoms with E-state index >= 15 is 0 Å². The predicted molar refractivity (Wildman–Crippen MR) is 87.3 cm³/mol.